The minimum absolute atomic E-state index is 0.237. The first-order valence-corrected chi connectivity index (χ1v) is 20.8. The van der Waals surface area contributed by atoms with E-state index < -0.39 is 20.1 Å². The average Bonchev–Trinajstić information content (AvgIpc) is 3.15. The van der Waals surface area contributed by atoms with E-state index in [0.29, 0.717) is 0 Å². The summed E-state index contributed by atoms with van der Waals surface area (Å²) in [5.74, 6) is 0. The van der Waals surface area contributed by atoms with Gasteiger partial charge in [0.25, 0.3) is 0 Å². The van der Waals surface area contributed by atoms with Crippen molar-refractivity contribution in [1.82, 2.24) is 0 Å². The topological polar surface area (TPSA) is 0 Å². The number of benzene rings is 2. The van der Waals surface area contributed by atoms with E-state index in [0.717, 1.165) is 7.35 Å². The molecule has 2 aromatic rings. The molecular formula is C22H24HfSi. The molecule has 0 aromatic heterocycles. The SMILES string of the molecule is Cc1ccc2c(c1)[CH]([Hf]([CH]1C=CC=C1)=[Si](C)C)c1cc(C)ccc1-2. The molecule has 0 saturated carbocycles. The predicted molar refractivity (Wildman–Crippen MR) is 103 cm³/mol. The Morgan fingerprint density at radius 2 is 1.29 bits per heavy atom. The third-order valence-corrected chi connectivity index (χ3v) is 32.4. The first-order valence-electron chi connectivity index (χ1n) is 8.80. The summed E-state index contributed by atoms with van der Waals surface area (Å²) in [7, 11) is 0. The average molecular weight is 495 g/mol. The predicted octanol–water partition coefficient (Wildman–Crippen LogP) is 6.16. The van der Waals surface area contributed by atoms with E-state index in [9.17, 15) is 0 Å². The van der Waals surface area contributed by atoms with Crippen molar-refractivity contribution in [3.63, 3.8) is 0 Å². The molecule has 0 nitrogen and oxygen atoms in total. The van der Waals surface area contributed by atoms with Crippen LogP contribution in [0.1, 0.15) is 25.9 Å². The molecule has 0 spiro atoms. The van der Waals surface area contributed by atoms with Crippen molar-refractivity contribution in [1.29, 1.82) is 0 Å². The number of aryl methyl sites for hydroxylation is 2. The summed E-state index contributed by atoms with van der Waals surface area (Å²) in [6.45, 7) is 9.65. The number of allylic oxidation sites excluding steroid dienone is 4. The Balaban J connectivity index is 1.99. The molecule has 0 heterocycles. The summed E-state index contributed by atoms with van der Waals surface area (Å²) in [5.41, 5.74) is 8.91. The van der Waals surface area contributed by atoms with Crippen LogP contribution in [0.2, 0.25) is 16.8 Å². The number of fused-ring (bicyclic) bond motifs is 3. The molecular weight excluding hydrogens is 471 g/mol. The molecule has 0 atom stereocenters. The van der Waals surface area contributed by atoms with E-state index in [-0.39, 0.29) is 5.49 Å². The summed E-state index contributed by atoms with van der Waals surface area (Å²) in [4.78, 5) is 0. The fraction of sp³-hybridized carbons (Fsp3) is 0.273. The molecule has 0 aliphatic heterocycles. The Bertz CT molecular complexity index is 850. The van der Waals surface area contributed by atoms with Gasteiger partial charge in [0.15, 0.2) is 0 Å². The van der Waals surface area contributed by atoms with Crippen molar-refractivity contribution in [3.05, 3.63) is 83.0 Å². The molecule has 2 heteroatoms. The monoisotopic (exact) mass is 496 g/mol. The number of hydrogen-bond acceptors (Lipinski definition) is 0. The maximum absolute atomic E-state index is 2.58. The van der Waals surface area contributed by atoms with Crippen LogP contribution in [0.15, 0.2) is 60.7 Å². The Morgan fingerprint density at radius 1 is 0.792 bits per heavy atom. The van der Waals surface area contributed by atoms with Crippen LogP contribution >= 0.6 is 0 Å². The Hall–Kier alpha value is -0.993. The van der Waals surface area contributed by atoms with Crippen molar-refractivity contribution >= 4 is 5.49 Å². The van der Waals surface area contributed by atoms with Crippen molar-refractivity contribution in [2.45, 2.75) is 34.3 Å². The molecule has 0 saturated heterocycles. The molecule has 2 aliphatic carbocycles. The van der Waals surface area contributed by atoms with Crippen molar-refractivity contribution in [2.24, 2.45) is 0 Å². The molecule has 0 bridgehead atoms. The zero-order valence-electron chi connectivity index (χ0n) is 14.9. The van der Waals surface area contributed by atoms with Crippen LogP contribution in [0, 0.1) is 13.8 Å². The van der Waals surface area contributed by atoms with Crippen molar-refractivity contribution < 1.29 is 20.1 Å². The second-order valence-electron chi connectivity index (χ2n) is 7.37. The second kappa shape index (κ2) is 6.38. The summed E-state index contributed by atoms with van der Waals surface area (Å²) < 4.78 is 1.55. The molecule has 0 radical (unpaired) electrons. The van der Waals surface area contributed by atoms with Gasteiger partial charge in [-0.3, -0.25) is 0 Å². The van der Waals surface area contributed by atoms with Crippen LogP contribution in [0.5, 0.6) is 0 Å². The summed E-state index contributed by atoms with van der Waals surface area (Å²) >= 11 is -1.91. The van der Waals surface area contributed by atoms with E-state index in [1.807, 2.05) is 0 Å². The van der Waals surface area contributed by atoms with Gasteiger partial charge in [0, 0.05) is 0 Å². The van der Waals surface area contributed by atoms with Crippen LogP contribution in [0.25, 0.3) is 11.1 Å². The first kappa shape index (κ1) is 16.5. The van der Waals surface area contributed by atoms with E-state index in [1.54, 1.807) is 11.1 Å². The van der Waals surface area contributed by atoms with Crippen LogP contribution in [-0.2, 0) is 20.1 Å². The second-order valence-corrected chi connectivity index (χ2v) is 32.6. The molecule has 0 fully saturated rings. The summed E-state index contributed by atoms with van der Waals surface area (Å²) in [6, 6.07) is 14.3. The van der Waals surface area contributed by atoms with Gasteiger partial charge in [-0.15, -0.1) is 0 Å². The molecule has 120 valence electrons. The number of hydrogen-bond donors (Lipinski definition) is 0. The van der Waals surface area contributed by atoms with Gasteiger partial charge in [0.1, 0.15) is 0 Å². The fourth-order valence-corrected chi connectivity index (χ4v) is 30.9. The molecule has 2 aliphatic rings. The summed E-state index contributed by atoms with van der Waals surface area (Å²) in [5, 5.41) is 0. The van der Waals surface area contributed by atoms with Gasteiger partial charge in [-0.05, 0) is 0 Å². The van der Waals surface area contributed by atoms with Gasteiger partial charge in [-0.1, -0.05) is 0 Å². The van der Waals surface area contributed by atoms with E-state index in [4.69, 9.17) is 0 Å². The molecule has 4 rings (SSSR count). The van der Waals surface area contributed by atoms with Crippen LogP contribution in [0.4, 0.5) is 0 Å². The normalized spacial score (nSPS) is 15.7. The molecule has 0 amide bonds. The Labute approximate surface area is 153 Å². The zero-order chi connectivity index (χ0) is 16.8. The Kier molecular flexibility index (Phi) is 4.38. The quantitative estimate of drug-likeness (QED) is 0.439. The first-order chi connectivity index (χ1) is 11.6. The van der Waals surface area contributed by atoms with Crippen LogP contribution in [0.3, 0.4) is 0 Å². The molecule has 0 N–H and O–H groups in total. The van der Waals surface area contributed by atoms with Gasteiger partial charge in [-0.25, -0.2) is 0 Å². The molecule has 2 aromatic carbocycles. The zero-order valence-corrected chi connectivity index (χ0v) is 19.5. The molecule has 0 unspecified atom stereocenters. The third kappa shape index (κ3) is 2.68. The van der Waals surface area contributed by atoms with Crippen LogP contribution < -0.4 is 0 Å². The van der Waals surface area contributed by atoms with Gasteiger partial charge >= 0.3 is 154 Å². The van der Waals surface area contributed by atoms with Gasteiger partial charge in [0.05, 0.1) is 0 Å². The summed E-state index contributed by atoms with van der Waals surface area (Å²) in [6.07, 6.45) is 9.57. The van der Waals surface area contributed by atoms with Gasteiger partial charge in [-0.2, -0.15) is 0 Å². The van der Waals surface area contributed by atoms with Crippen LogP contribution in [-0.4, -0.2) is 5.49 Å². The standard InChI is InChI=1S/C15H13.C5H5.C2H6Si.Hf/c1-10-3-5-14-12(7-10)9-13-8-11(2)4-6-15(13)14;1-2-4-5-3-1;1-3-2;/h3-9H,1-2H3;1-5H;1-2H3;. The molecule has 24 heavy (non-hydrogen) atoms. The Morgan fingerprint density at radius 3 is 1.75 bits per heavy atom. The van der Waals surface area contributed by atoms with Gasteiger partial charge in [0.2, 0.25) is 0 Å². The van der Waals surface area contributed by atoms with E-state index in [2.05, 4.69) is 87.6 Å². The third-order valence-electron chi connectivity index (χ3n) is 5.32. The van der Waals surface area contributed by atoms with Crippen molar-refractivity contribution in [2.75, 3.05) is 0 Å². The number of rotatable bonds is 2. The maximum atomic E-state index is 2.58. The fourth-order valence-electron chi connectivity index (χ4n) is 4.29. The van der Waals surface area contributed by atoms with Gasteiger partial charge < -0.3 is 0 Å². The van der Waals surface area contributed by atoms with E-state index in [1.165, 1.54) is 22.3 Å². The van der Waals surface area contributed by atoms with E-state index >= 15 is 0 Å². The minimum atomic E-state index is -1.91. The van der Waals surface area contributed by atoms with Crippen molar-refractivity contribution in [3.8, 4) is 11.1 Å².